The van der Waals surface area contributed by atoms with Crippen molar-refractivity contribution in [1.29, 1.82) is 0 Å². The molecule has 6 nitrogen and oxygen atoms in total. The van der Waals surface area contributed by atoms with Crippen LogP contribution in [0.25, 0.3) is 11.4 Å². The molecule has 102 valence electrons. The first-order valence-electron chi connectivity index (χ1n) is 5.93. The maximum absolute atomic E-state index is 5.45. The zero-order valence-corrected chi connectivity index (χ0v) is 11.5. The predicted octanol–water partition coefficient (Wildman–Crippen LogP) is 1.99. The van der Waals surface area contributed by atoms with Gasteiger partial charge >= 0.3 is 0 Å². The fourth-order valence-corrected chi connectivity index (χ4v) is 1.97. The van der Waals surface area contributed by atoms with Gasteiger partial charge in [-0.25, -0.2) is 0 Å². The normalized spacial score (nSPS) is 10.3. The second-order valence-corrected chi connectivity index (χ2v) is 3.82. The Labute approximate surface area is 111 Å². The molecule has 0 radical (unpaired) electrons. The lowest BCUT2D eigenvalue weighted by Crippen LogP contribution is -2.01. The van der Waals surface area contributed by atoms with E-state index in [4.69, 9.17) is 14.2 Å². The Kier molecular flexibility index (Phi) is 3.89. The number of aryl methyl sites for hydroxylation is 1. The second kappa shape index (κ2) is 5.60. The van der Waals surface area contributed by atoms with Crippen molar-refractivity contribution in [3.8, 4) is 28.6 Å². The lowest BCUT2D eigenvalue weighted by atomic mass is 10.1. The van der Waals surface area contributed by atoms with Gasteiger partial charge in [-0.15, -0.1) is 10.2 Å². The van der Waals surface area contributed by atoms with Crippen molar-refractivity contribution in [1.82, 2.24) is 14.8 Å². The van der Waals surface area contributed by atoms with Crippen LogP contribution in [0.4, 0.5) is 0 Å². The smallest absolute Gasteiger partial charge is 0.204 e. The molecular formula is C13H17N3O3. The Balaban J connectivity index is 2.64. The third kappa shape index (κ3) is 2.21. The Morgan fingerprint density at radius 2 is 1.79 bits per heavy atom. The summed E-state index contributed by atoms with van der Waals surface area (Å²) in [5, 5.41) is 8.06. The molecule has 0 atom stereocenters. The van der Waals surface area contributed by atoms with E-state index in [2.05, 4.69) is 10.2 Å². The van der Waals surface area contributed by atoms with Gasteiger partial charge in [-0.1, -0.05) is 0 Å². The SMILES string of the molecule is CCn1cnnc1-c1ccc(OC)c(OC)c1OC. The average molecular weight is 263 g/mol. The van der Waals surface area contributed by atoms with Crippen LogP contribution in [0.15, 0.2) is 18.5 Å². The Hall–Kier alpha value is -2.24. The van der Waals surface area contributed by atoms with Crippen molar-refractivity contribution in [2.24, 2.45) is 0 Å². The van der Waals surface area contributed by atoms with E-state index in [0.29, 0.717) is 17.2 Å². The van der Waals surface area contributed by atoms with Crippen molar-refractivity contribution in [2.75, 3.05) is 21.3 Å². The van der Waals surface area contributed by atoms with Gasteiger partial charge in [0.05, 0.1) is 26.9 Å². The number of nitrogens with zero attached hydrogens (tertiary/aromatic N) is 3. The van der Waals surface area contributed by atoms with Crippen LogP contribution < -0.4 is 14.2 Å². The number of benzene rings is 1. The number of aromatic nitrogens is 3. The first kappa shape index (κ1) is 13.2. The van der Waals surface area contributed by atoms with E-state index in [1.165, 1.54) is 0 Å². The van der Waals surface area contributed by atoms with Gasteiger partial charge in [0.1, 0.15) is 6.33 Å². The van der Waals surface area contributed by atoms with Crippen LogP contribution in [-0.2, 0) is 6.54 Å². The molecule has 0 amide bonds. The van der Waals surface area contributed by atoms with Crippen LogP contribution in [0, 0.1) is 0 Å². The summed E-state index contributed by atoms with van der Waals surface area (Å²) in [5.41, 5.74) is 0.819. The molecule has 0 spiro atoms. The van der Waals surface area contributed by atoms with Gasteiger partial charge in [0.25, 0.3) is 0 Å². The predicted molar refractivity (Wildman–Crippen MR) is 70.8 cm³/mol. The minimum atomic E-state index is 0.549. The third-order valence-corrected chi connectivity index (χ3v) is 2.90. The molecule has 0 saturated heterocycles. The highest BCUT2D eigenvalue weighted by molar-refractivity contribution is 5.72. The maximum Gasteiger partial charge on any atom is 0.204 e. The molecule has 2 rings (SSSR count). The fraction of sp³-hybridized carbons (Fsp3) is 0.385. The van der Waals surface area contributed by atoms with Gasteiger partial charge < -0.3 is 18.8 Å². The molecule has 0 aliphatic rings. The van der Waals surface area contributed by atoms with Crippen LogP contribution in [0.3, 0.4) is 0 Å². The van der Waals surface area contributed by atoms with Crippen molar-refractivity contribution in [3.63, 3.8) is 0 Å². The number of hydrogen-bond acceptors (Lipinski definition) is 5. The second-order valence-electron chi connectivity index (χ2n) is 3.82. The van der Waals surface area contributed by atoms with Crippen molar-refractivity contribution >= 4 is 0 Å². The van der Waals surface area contributed by atoms with E-state index in [9.17, 15) is 0 Å². The zero-order valence-electron chi connectivity index (χ0n) is 11.5. The molecule has 0 fully saturated rings. The number of methoxy groups -OCH3 is 3. The van der Waals surface area contributed by atoms with Gasteiger partial charge in [0.15, 0.2) is 17.3 Å². The van der Waals surface area contributed by atoms with E-state index in [-0.39, 0.29) is 0 Å². The largest absolute Gasteiger partial charge is 0.493 e. The molecule has 0 aliphatic heterocycles. The molecule has 19 heavy (non-hydrogen) atoms. The monoisotopic (exact) mass is 263 g/mol. The summed E-state index contributed by atoms with van der Waals surface area (Å²) < 4.78 is 18.0. The van der Waals surface area contributed by atoms with Crippen LogP contribution in [-0.4, -0.2) is 36.1 Å². The number of hydrogen-bond donors (Lipinski definition) is 0. The van der Waals surface area contributed by atoms with Gasteiger partial charge in [0.2, 0.25) is 5.75 Å². The van der Waals surface area contributed by atoms with Crippen molar-refractivity contribution in [2.45, 2.75) is 13.5 Å². The average Bonchev–Trinajstić information content (AvgIpc) is 2.93. The molecule has 1 aromatic carbocycles. The molecule has 0 aliphatic carbocycles. The van der Waals surface area contributed by atoms with Gasteiger partial charge in [-0.2, -0.15) is 0 Å². The molecule has 1 aromatic heterocycles. The highest BCUT2D eigenvalue weighted by atomic mass is 16.5. The first-order valence-corrected chi connectivity index (χ1v) is 5.93. The summed E-state index contributed by atoms with van der Waals surface area (Å²) in [4.78, 5) is 0. The molecule has 0 unspecified atom stereocenters. The van der Waals surface area contributed by atoms with Crippen molar-refractivity contribution in [3.05, 3.63) is 18.5 Å². The lowest BCUT2D eigenvalue weighted by molar-refractivity contribution is 0.325. The Bertz CT molecular complexity index is 566. The fourth-order valence-electron chi connectivity index (χ4n) is 1.97. The topological polar surface area (TPSA) is 58.4 Å². The number of ether oxygens (including phenoxy) is 3. The molecular weight excluding hydrogens is 246 g/mol. The van der Waals surface area contributed by atoms with Crippen LogP contribution in [0.2, 0.25) is 0 Å². The summed E-state index contributed by atoms with van der Waals surface area (Å²) in [7, 11) is 4.76. The summed E-state index contributed by atoms with van der Waals surface area (Å²) in [5.74, 6) is 2.49. The van der Waals surface area contributed by atoms with Crippen LogP contribution in [0.1, 0.15) is 6.92 Å². The van der Waals surface area contributed by atoms with Crippen LogP contribution >= 0.6 is 0 Å². The van der Waals surface area contributed by atoms with Crippen molar-refractivity contribution < 1.29 is 14.2 Å². The summed E-state index contributed by atoms with van der Waals surface area (Å²) in [6, 6.07) is 3.71. The van der Waals surface area contributed by atoms with Gasteiger partial charge in [-0.05, 0) is 19.1 Å². The summed E-state index contributed by atoms with van der Waals surface area (Å²) >= 11 is 0. The lowest BCUT2D eigenvalue weighted by Gasteiger charge is -2.15. The minimum Gasteiger partial charge on any atom is -0.493 e. The Morgan fingerprint density at radius 1 is 1.05 bits per heavy atom. The van der Waals surface area contributed by atoms with E-state index in [0.717, 1.165) is 17.9 Å². The third-order valence-electron chi connectivity index (χ3n) is 2.90. The maximum atomic E-state index is 5.45. The molecule has 6 heteroatoms. The summed E-state index contributed by atoms with van der Waals surface area (Å²) in [6.45, 7) is 2.81. The van der Waals surface area contributed by atoms with Crippen LogP contribution in [0.5, 0.6) is 17.2 Å². The quantitative estimate of drug-likeness (QED) is 0.825. The molecule has 0 saturated carbocycles. The Morgan fingerprint density at radius 3 is 2.37 bits per heavy atom. The molecule has 0 bridgehead atoms. The van der Waals surface area contributed by atoms with E-state index in [1.807, 2.05) is 23.6 Å². The zero-order chi connectivity index (χ0) is 13.8. The molecule has 0 N–H and O–H groups in total. The van der Waals surface area contributed by atoms with Gasteiger partial charge in [0, 0.05) is 6.54 Å². The summed E-state index contributed by atoms with van der Waals surface area (Å²) in [6.07, 6.45) is 1.69. The highest BCUT2D eigenvalue weighted by Gasteiger charge is 2.19. The van der Waals surface area contributed by atoms with Gasteiger partial charge in [-0.3, -0.25) is 0 Å². The highest BCUT2D eigenvalue weighted by Crippen LogP contribution is 2.43. The minimum absolute atomic E-state index is 0.549. The van der Waals surface area contributed by atoms with E-state index in [1.54, 1.807) is 27.7 Å². The van der Waals surface area contributed by atoms with E-state index < -0.39 is 0 Å². The molecule has 2 aromatic rings. The first-order chi connectivity index (χ1) is 9.26. The standard InChI is InChI=1S/C13H17N3O3/c1-5-16-8-14-15-13(16)9-6-7-10(17-2)12(19-4)11(9)18-3/h6-8H,5H2,1-4H3. The number of rotatable bonds is 5. The molecule has 1 heterocycles. The van der Waals surface area contributed by atoms with E-state index >= 15 is 0 Å².